The van der Waals surface area contributed by atoms with Crippen LogP contribution in [0.5, 0.6) is 0 Å². The number of amides is 1. The van der Waals surface area contributed by atoms with E-state index in [1.165, 1.54) is 0 Å². The van der Waals surface area contributed by atoms with E-state index in [0.29, 0.717) is 0 Å². The van der Waals surface area contributed by atoms with Crippen LogP contribution in [0.4, 0.5) is 0 Å². The Labute approximate surface area is 93.2 Å². The van der Waals surface area contributed by atoms with E-state index in [-0.39, 0.29) is 24.8 Å². The zero-order valence-electron chi connectivity index (χ0n) is 9.34. The zero-order chi connectivity index (χ0) is 10.8. The molecule has 1 fully saturated rings. The van der Waals surface area contributed by atoms with E-state index in [0.717, 1.165) is 26.2 Å². The fourth-order valence-electron chi connectivity index (χ4n) is 1.45. The fraction of sp³-hybridized carbons (Fsp3) is 0.909. The van der Waals surface area contributed by atoms with Gasteiger partial charge in [0.05, 0.1) is 6.04 Å². The Morgan fingerprint density at radius 2 is 1.80 bits per heavy atom. The average molecular weight is 215 g/mol. The van der Waals surface area contributed by atoms with Crippen molar-refractivity contribution in [3.63, 3.8) is 0 Å². The maximum Gasteiger partial charge on any atom is 0.240 e. The predicted octanol–water partition coefficient (Wildman–Crippen LogP) is 0.428. The highest BCUT2D eigenvalue weighted by molar-refractivity contribution is 5.82. The molecule has 1 aliphatic rings. The lowest BCUT2D eigenvalue weighted by Gasteiger charge is -2.34. The lowest BCUT2D eigenvalue weighted by molar-refractivity contribution is -0.135. The molecule has 1 rings (SSSR count). The molecule has 15 heavy (non-hydrogen) atoms. The molecule has 0 aromatic rings. The zero-order valence-corrected chi connectivity index (χ0v) is 9.34. The Morgan fingerprint density at radius 3 is 2.20 bits per heavy atom. The first-order chi connectivity index (χ1) is 6.43. The summed E-state index contributed by atoms with van der Waals surface area (Å²) in [4.78, 5) is 13.8. The lowest BCUT2D eigenvalue weighted by atomic mass is 9.86. The smallest absolute Gasteiger partial charge is 0.240 e. The molecule has 0 radical (unpaired) electrons. The van der Waals surface area contributed by atoms with Crippen molar-refractivity contribution in [3.05, 3.63) is 0 Å². The summed E-state index contributed by atoms with van der Waals surface area (Å²) in [5.41, 5.74) is 5.76. The van der Waals surface area contributed by atoms with Crippen molar-refractivity contribution >= 4 is 5.91 Å². The van der Waals surface area contributed by atoms with E-state index in [9.17, 15) is 4.79 Å². The molecular formula is C11H25N3O. The van der Waals surface area contributed by atoms with Crippen LogP contribution in [0.3, 0.4) is 0 Å². The molecule has 1 amide bonds. The average Bonchev–Trinajstić information content (AvgIpc) is 2.15. The van der Waals surface area contributed by atoms with E-state index in [2.05, 4.69) is 5.32 Å². The Balaban J connectivity index is 0.00000196. The number of hydrogen-bond donors (Lipinski definition) is 2. The van der Waals surface area contributed by atoms with Crippen molar-refractivity contribution in [2.24, 2.45) is 11.1 Å². The third kappa shape index (κ3) is 3.80. The Morgan fingerprint density at radius 1 is 1.33 bits per heavy atom. The maximum atomic E-state index is 11.9. The van der Waals surface area contributed by atoms with Crippen LogP contribution in [0.1, 0.15) is 28.2 Å². The van der Waals surface area contributed by atoms with Crippen LogP contribution < -0.4 is 11.1 Å². The first-order valence-electron chi connectivity index (χ1n) is 5.18. The van der Waals surface area contributed by atoms with Crippen molar-refractivity contribution in [1.82, 2.24) is 10.2 Å². The summed E-state index contributed by atoms with van der Waals surface area (Å²) in [6.07, 6.45) is 0. The highest BCUT2D eigenvalue weighted by Crippen LogP contribution is 2.19. The van der Waals surface area contributed by atoms with E-state index in [1.807, 2.05) is 25.7 Å². The van der Waals surface area contributed by atoms with Crippen LogP contribution in [0.2, 0.25) is 0 Å². The van der Waals surface area contributed by atoms with Gasteiger partial charge >= 0.3 is 0 Å². The summed E-state index contributed by atoms with van der Waals surface area (Å²) < 4.78 is 0. The van der Waals surface area contributed by atoms with Gasteiger partial charge in [0, 0.05) is 26.2 Å². The third-order valence-electron chi connectivity index (χ3n) is 2.63. The van der Waals surface area contributed by atoms with Gasteiger partial charge in [0.25, 0.3) is 0 Å². The van der Waals surface area contributed by atoms with Gasteiger partial charge in [-0.25, -0.2) is 0 Å². The normalized spacial score (nSPS) is 19.3. The van der Waals surface area contributed by atoms with Crippen LogP contribution in [-0.4, -0.2) is 43.0 Å². The Bertz CT molecular complexity index is 204. The standard InChI is InChI=1S/C10H21N3O.CH4/c1-10(2,3)8(11)9(14)13-6-4-12-5-7-13;/h8,12H,4-7,11H2,1-3H3;1H4. The van der Waals surface area contributed by atoms with Crippen LogP contribution in [-0.2, 0) is 4.79 Å². The van der Waals surface area contributed by atoms with Crippen molar-refractivity contribution in [2.45, 2.75) is 34.2 Å². The van der Waals surface area contributed by atoms with Crippen molar-refractivity contribution < 1.29 is 4.79 Å². The van der Waals surface area contributed by atoms with Crippen LogP contribution in [0, 0.1) is 5.41 Å². The van der Waals surface area contributed by atoms with E-state index < -0.39 is 0 Å². The van der Waals surface area contributed by atoms with Gasteiger partial charge in [-0.15, -0.1) is 0 Å². The molecule has 1 unspecified atom stereocenters. The molecule has 1 heterocycles. The first-order valence-corrected chi connectivity index (χ1v) is 5.18. The second-order valence-electron chi connectivity index (χ2n) is 4.92. The fourth-order valence-corrected chi connectivity index (χ4v) is 1.45. The minimum absolute atomic E-state index is 0. The van der Waals surface area contributed by atoms with Crippen molar-refractivity contribution in [1.29, 1.82) is 0 Å². The van der Waals surface area contributed by atoms with Gasteiger partial charge in [-0.1, -0.05) is 28.2 Å². The maximum absolute atomic E-state index is 11.9. The molecule has 0 spiro atoms. The molecule has 0 aromatic carbocycles. The number of carbonyl (C=O) groups excluding carboxylic acids is 1. The highest BCUT2D eigenvalue weighted by Gasteiger charge is 2.31. The molecule has 1 aliphatic heterocycles. The van der Waals surface area contributed by atoms with E-state index in [4.69, 9.17) is 5.73 Å². The lowest BCUT2D eigenvalue weighted by Crippen LogP contribution is -2.55. The first kappa shape index (κ1) is 14.4. The second kappa shape index (κ2) is 5.47. The summed E-state index contributed by atoms with van der Waals surface area (Å²) in [5, 5.41) is 3.21. The van der Waals surface area contributed by atoms with Crippen LogP contribution in [0.25, 0.3) is 0 Å². The molecule has 0 aromatic heterocycles. The molecule has 4 heteroatoms. The van der Waals surface area contributed by atoms with E-state index >= 15 is 0 Å². The van der Waals surface area contributed by atoms with Gasteiger partial charge in [-0.3, -0.25) is 4.79 Å². The minimum Gasteiger partial charge on any atom is -0.339 e. The SMILES string of the molecule is C.CC(C)(C)C(N)C(=O)N1CCNCC1. The Hall–Kier alpha value is -0.610. The Kier molecular flexibility index (Phi) is 5.24. The summed E-state index contributed by atoms with van der Waals surface area (Å²) >= 11 is 0. The van der Waals surface area contributed by atoms with Gasteiger partial charge in [-0.2, -0.15) is 0 Å². The number of piperazine rings is 1. The summed E-state index contributed by atoms with van der Waals surface area (Å²) in [5.74, 6) is 0.0824. The second-order valence-corrected chi connectivity index (χ2v) is 4.92. The molecule has 0 saturated carbocycles. The number of nitrogens with two attached hydrogens (primary N) is 1. The minimum atomic E-state index is -0.388. The van der Waals surface area contributed by atoms with Gasteiger partial charge < -0.3 is 16.0 Å². The number of hydrogen-bond acceptors (Lipinski definition) is 3. The highest BCUT2D eigenvalue weighted by atomic mass is 16.2. The van der Waals surface area contributed by atoms with Gasteiger partial charge in [-0.05, 0) is 5.41 Å². The number of nitrogens with zero attached hydrogens (tertiary/aromatic N) is 1. The number of nitrogens with one attached hydrogen (secondary N) is 1. The molecule has 4 nitrogen and oxygen atoms in total. The largest absolute Gasteiger partial charge is 0.339 e. The number of carbonyl (C=O) groups is 1. The topological polar surface area (TPSA) is 58.4 Å². The van der Waals surface area contributed by atoms with E-state index in [1.54, 1.807) is 0 Å². The molecule has 90 valence electrons. The van der Waals surface area contributed by atoms with Gasteiger partial charge in [0.15, 0.2) is 0 Å². The van der Waals surface area contributed by atoms with Crippen molar-refractivity contribution in [2.75, 3.05) is 26.2 Å². The van der Waals surface area contributed by atoms with Crippen molar-refractivity contribution in [3.8, 4) is 0 Å². The molecular weight excluding hydrogens is 190 g/mol. The molecule has 0 aliphatic carbocycles. The third-order valence-corrected chi connectivity index (χ3v) is 2.63. The molecule has 1 atom stereocenters. The quantitative estimate of drug-likeness (QED) is 0.667. The molecule has 3 N–H and O–H groups in total. The monoisotopic (exact) mass is 215 g/mol. The summed E-state index contributed by atoms with van der Waals surface area (Å²) in [6, 6.07) is -0.388. The summed E-state index contributed by atoms with van der Waals surface area (Å²) in [7, 11) is 0. The van der Waals surface area contributed by atoms with Crippen LogP contribution >= 0.6 is 0 Å². The predicted molar refractivity (Wildman–Crippen MR) is 63.6 cm³/mol. The number of rotatable bonds is 1. The van der Waals surface area contributed by atoms with Gasteiger partial charge in [0.1, 0.15) is 0 Å². The van der Waals surface area contributed by atoms with Gasteiger partial charge in [0.2, 0.25) is 5.91 Å². The van der Waals surface area contributed by atoms with Crippen LogP contribution in [0.15, 0.2) is 0 Å². The molecule has 0 bridgehead atoms. The summed E-state index contributed by atoms with van der Waals surface area (Å²) in [6.45, 7) is 9.31. The molecule has 1 saturated heterocycles.